The van der Waals surface area contributed by atoms with Crippen LogP contribution in [0.1, 0.15) is 5.56 Å². The number of hydrogen-bond donors (Lipinski definition) is 1. The third-order valence-electron chi connectivity index (χ3n) is 4.83. The van der Waals surface area contributed by atoms with E-state index in [2.05, 4.69) is 10.3 Å². The lowest BCUT2D eigenvalue weighted by atomic mass is 10.2. The summed E-state index contributed by atoms with van der Waals surface area (Å²) >= 11 is 0. The van der Waals surface area contributed by atoms with Crippen molar-refractivity contribution in [1.29, 1.82) is 0 Å². The average molecular weight is 423 g/mol. The summed E-state index contributed by atoms with van der Waals surface area (Å²) in [7, 11) is -3.86. The zero-order chi connectivity index (χ0) is 21.1. The zero-order valence-corrected chi connectivity index (χ0v) is 17.3. The van der Waals surface area contributed by atoms with Gasteiger partial charge in [-0.05, 0) is 43.3 Å². The lowest BCUT2D eigenvalue weighted by molar-refractivity contribution is 0.159. The van der Waals surface area contributed by atoms with E-state index in [0.717, 1.165) is 16.6 Å². The first kappa shape index (κ1) is 20.1. The number of sulfonamides is 1. The van der Waals surface area contributed by atoms with Crippen molar-refractivity contribution in [1.82, 2.24) is 15.0 Å². The number of aryl methyl sites for hydroxylation is 1. The monoisotopic (exact) mass is 422 g/mol. The Hall–Kier alpha value is -3.23. The molecule has 0 aliphatic carbocycles. The molecule has 0 aliphatic rings. The van der Waals surface area contributed by atoms with Gasteiger partial charge in [-0.3, -0.25) is 4.31 Å². The lowest BCUT2D eigenvalue weighted by Crippen LogP contribution is -2.39. The molecule has 0 amide bonds. The highest BCUT2D eigenvalue weighted by molar-refractivity contribution is 7.92. The third kappa shape index (κ3) is 4.05. The van der Waals surface area contributed by atoms with Crippen molar-refractivity contribution in [2.24, 2.45) is 0 Å². The van der Waals surface area contributed by atoms with E-state index < -0.39 is 16.1 Å². The molecule has 0 aliphatic heterocycles. The van der Waals surface area contributed by atoms with Crippen LogP contribution in [-0.4, -0.2) is 41.2 Å². The summed E-state index contributed by atoms with van der Waals surface area (Å²) in [4.78, 5) is 0.170. The van der Waals surface area contributed by atoms with Gasteiger partial charge in [0.15, 0.2) is 0 Å². The molecule has 3 aromatic carbocycles. The van der Waals surface area contributed by atoms with E-state index in [4.69, 9.17) is 0 Å². The van der Waals surface area contributed by atoms with Crippen LogP contribution in [0.15, 0.2) is 83.8 Å². The first-order chi connectivity index (χ1) is 14.4. The average Bonchev–Trinajstić information content (AvgIpc) is 3.16. The summed E-state index contributed by atoms with van der Waals surface area (Å²) in [5.74, 6) is 0. The van der Waals surface area contributed by atoms with Crippen molar-refractivity contribution in [2.75, 3.05) is 10.8 Å². The van der Waals surface area contributed by atoms with Gasteiger partial charge in [-0.1, -0.05) is 53.2 Å². The summed E-state index contributed by atoms with van der Waals surface area (Å²) < 4.78 is 29.5. The van der Waals surface area contributed by atoms with Crippen LogP contribution in [0.3, 0.4) is 0 Å². The van der Waals surface area contributed by atoms with Crippen LogP contribution in [-0.2, 0) is 16.6 Å². The maximum atomic E-state index is 13.3. The molecule has 0 radical (unpaired) electrons. The zero-order valence-electron chi connectivity index (χ0n) is 16.5. The summed E-state index contributed by atoms with van der Waals surface area (Å²) in [6.07, 6.45) is -0.991. The number of fused-ring (bicyclic) bond motifs is 1. The number of rotatable bonds is 7. The minimum atomic E-state index is -3.86. The fraction of sp³-hybridized carbons (Fsp3) is 0.182. The molecule has 1 atom stereocenters. The Morgan fingerprint density at radius 3 is 2.37 bits per heavy atom. The Morgan fingerprint density at radius 2 is 1.63 bits per heavy atom. The van der Waals surface area contributed by atoms with Gasteiger partial charge in [0.1, 0.15) is 5.52 Å². The molecule has 0 saturated heterocycles. The van der Waals surface area contributed by atoms with E-state index in [0.29, 0.717) is 5.69 Å². The molecule has 0 spiro atoms. The second-order valence-corrected chi connectivity index (χ2v) is 8.96. The second-order valence-electron chi connectivity index (χ2n) is 7.10. The van der Waals surface area contributed by atoms with Gasteiger partial charge in [0, 0.05) is 0 Å². The minimum absolute atomic E-state index is 0.117. The highest BCUT2D eigenvalue weighted by Gasteiger charge is 2.27. The molecule has 7 nitrogen and oxygen atoms in total. The number of hydrogen-bond acceptors (Lipinski definition) is 5. The van der Waals surface area contributed by atoms with Gasteiger partial charge in [0.05, 0.1) is 35.3 Å². The van der Waals surface area contributed by atoms with E-state index in [1.165, 1.54) is 4.31 Å². The molecule has 1 unspecified atom stereocenters. The van der Waals surface area contributed by atoms with Crippen LogP contribution >= 0.6 is 0 Å². The van der Waals surface area contributed by atoms with Crippen molar-refractivity contribution in [3.8, 4) is 0 Å². The quantitative estimate of drug-likeness (QED) is 0.495. The van der Waals surface area contributed by atoms with Gasteiger partial charge < -0.3 is 5.11 Å². The second kappa shape index (κ2) is 8.25. The van der Waals surface area contributed by atoms with Crippen LogP contribution in [0.5, 0.6) is 0 Å². The largest absolute Gasteiger partial charge is 0.389 e. The molecule has 154 valence electrons. The van der Waals surface area contributed by atoms with Crippen molar-refractivity contribution in [3.05, 3.63) is 84.4 Å². The fourth-order valence-corrected chi connectivity index (χ4v) is 4.80. The maximum Gasteiger partial charge on any atom is 0.264 e. The van der Waals surface area contributed by atoms with Gasteiger partial charge in [-0.15, -0.1) is 5.10 Å². The van der Waals surface area contributed by atoms with Crippen LogP contribution in [0.2, 0.25) is 0 Å². The first-order valence-corrected chi connectivity index (χ1v) is 11.0. The molecular weight excluding hydrogens is 400 g/mol. The van der Waals surface area contributed by atoms with Crippen molar-refractivity contribution in [3.63, 3.8) is 0 Å². The highest BCUT2D eigenvalue weighted by Crippen LogP contribution is 2.24. The number of aliphatic hydroxyl groups is 1. The molecular formula is C22H22N4O3S. The Labute approximate surface area is 175 Å². The molecule has 8 heteroatoms. The Bertz CT molecular complexity index is 1240. The molecule has 0 fully saturated rings. The summed E-state index contributed by atoms with van der Waals surface area (Å²) in [5, 5.41) is 19.0. The lowest BCUT2D eigenvalue weighted by Gasteiger charge is -2.27. The molecule has 4 aromatic rings. The minimum Gasteiger partial charge on any atom is -0.389 e. The topological polar surface area (TPSA) is 88.3 Å². The van der Waals surface area contributed by atoms with Crippen LogP contribution < -0.4 is 4.31 Å². The Kier molecular flexibility index (Phi) is 5.52. The van der Waals surface area contributed by atoms with Gasteiger partial charge >= 0.3 is 0 Å². The van der Waals surface area contributed by atoms with E-state index in [1.54, 1.807) is 47.1 Å². The van der Waals surface area contributed by atoms with Gasteiger partial charge in [-0.25, -0.2) is 13.1 Å². The fourth-order valence-electron chi connectivity index (χ4n) is 3.27. The van der Waals surface area contributed by atoms with Crippen molar-refractivity contribution in [2.45, 2.75) is 24.5 Å². The van der Waals surface area contributed by atoms with Crippen LogP contribution in [0.25, 0.3) is 11.0 Å². The van der Waals surface area contributed by atoms with Crippen LogP contribution in [0, 0.1) is 6.92 Å². The Morgan fingerprint density at radius 1 is 0.967 bits per heavy atom. The smallest absolute Gasteiger partial charge is 0.264 e. The predicted molar refractivity (Wildman–Crippen MR) is 116 cm³/mol. The molecule has 30 heavy (non-hydrogen) atoms. The number of para-hydroxylation sites is 1. The maximum absolute atomic E-state index is 13.3. The van der Waals surface area contributed by atoms with E-state index in [-0.39, 0.29) is 18.0 Å². The molecule has 0 bridgehead atoms. The van der Waals surface area contributed by atoms with E-state index in [9.17, 15) is 13.5 Å². The summed E-state index contributed by atoms with van der Waals surface area (Å²) in [6, 6.07) is 22.8. The SMILES string of the molecule is Cc1ccc(N(CC(O)Cn2nnc3ccccc32)S(=O)(=O)c2ccccc2)cc1. The highest BCUT2D eigenvalue weighted by atomic mass is 32.2. The number of aromatic nitrogens is 3. The van der Waals surface area contributed by atoms with E-state index in [1.807, 2.05) is 43.3 Å². The van der Waals surface area contributed by atoms with E-state index >= 15 is 0 Å². The summed E-state index contributed by atoms with van der Waals surface area (Å²) in [5.41, 5.74) is 3.01. The molecule has 1 N–H and O–H groups in total. The summed E-state index contributed by atoms with van der Waals surface area (Å²) in [6.45, 7) is 1.94. The molecule has 0 saturated carbocycles. The van der Waals surface area contributed by atoms with Gasteiger partial charge in [0.25, 0.3) is 10.0 Å². The molecule has 4 rings (SSSR count). The normalized spacial score (nSPS) is 12.7. The Balaban J connectivity index is 1.65. The van der Waals surface area contributed by atoms with Crippen molar-refractivity contribution < 1.29 is 13.5 Å². The predicted octanol–water partition coefficient (Wildman–Crippen LogP) is 3.00. The van der Waals surface area contributed by atoms with Crippen LogP contribution in [0.4, 0.5) is 5.69 Å². The van der Waals surface area contributed by atoms with Crippen molar-refractivity contribution >= 4 is 26.7 Å². The third-order valence-corrected chi connectivity index (χ3v) is 6.64. The number of nitrogens with zero attached hydrogens (tertiary/aromatic N) is 4. The number of aliphatic hydroxyl groups excluding tert-OH is 1. The molecule has 1 aromatic heterocycles. The van der Waals surface area contributed by atoms with Gasteiger partial charge in [0.2, 0.25) is 0 Å². The molecule has 1 heterocycles. The number of anilines is 1. The number of benzene rings is 3. The van der Waals surface area contributed by atoms with Gasteiger partial charge in [-0.2, -0.15) is 0 Å². The standard InChI is InChI=1S/C22H22N4O3S/c1-17-11-13-18(14-12-17)26(30(28,29)20-7-3-2-4-8-20)16-19(27)15-25-22-10-6-5-9-21(22)23-24-25/h2-14,19,27H,15-16H2,1H3. The first-order valence-electron chi connectivity index (χ1n) is 9.56.